The number of fused-ring (bicyclic) bond motifs is 1. The van der Waals surface area contributed by atoms with Gasteiger partial charge in [-0.1, -0.05) is 6.07 Å². The van der Waals surface area contributed by atoms with Crippen LogP contribution in [0.25, 0.3) is 10.9 Å². The molecule has 2 aromatic rings. The number of pyridine rings is 1. The highest BCUT2D eigenvalue weighted by molar-refractivity contribution is 5.91. The van der Waals surface area contributed by atoms with E-state index in [-0.39, 0.29) is 12.3 Å². The van der Waals surface area contributed by atoms with E-state index in [1.54, 1.807) is 51.1 Å². The predicted molar refractivity (Wildman–Crippen MR) is 84.4 cm³/mol. The number of carbonyl (C=O) groups is 2. The Balaban J connectivity index is 2.09. The predicted octanol–water partition coefficient (Wildman–Crippen LogP) is 2.74. The maximum Gasteiger partial charge on any atom is 0.356 e. The minimum Gasteiger partial charge on any atom is -0.482 e. The molecule has 6 heteroatoms. The first-order chi connectivity index (χ1) is 10.8. The molecule has 0 bridgehead atoms. The summed E-state index contributed by atoms with van der Waals surface area (Å²) in [4.78, 5) is 27.3. The molecule has 0 saturated carbocycles. The number of nitrogens with zero attached hydrogens (tertiary/aromatic N) is 1. The molecule has 23 heavy (non-hydrogen) atoms. The summed E-state index contributed by atoms with van der Waals surface area (Å²) in [5, 5.41) is 0.791. The maximum absolute atomic E-state index is 11.6. The first-order valence-corrected chi connectivity index (χ1v) is 7.12. The van der Waals surface area contributed by atoms with Gasteiger partial charge in [0.2, 0.25) is 0 Å². The lowest BCUT2D eigenvalue weighted by Crippen LogP contribution is -2.27. The number of esters is 2. The molecule has 0 aliphatic carbocycles. The SMILES string of the molecule is COC(=O)c1ccc2cc(OCC(=O)OC(C)(C)C)ccc2n1. The van der Waals surface area contributed by atoms with E-state index in [0.29, 0.717) is 11.3 Å². The second kappa shape index (κ2) is 6.64. The summed E-state index contributed by atoms with van der Waals surface area (Å²) in [7, 11) is 1.31. The van der Waals surface area contributed by atoms with Crippen LogP contribution < -0.4 is 4.74 Å². The Morgan fingerprint density at radius 1 is 1.13 bits per heavy atom. The number of benzene rings is 1. The monoisotopic (exact) mass is 317 g/mol. The van der Waals surface area contributed by atoms with Gasteiger partial charge in [-0.25, -0.2) is 14.6 Å². The third-order valence-corrected chi connectivity index (χ3v) is 2.83. The summed E-state index contributed by atoms with van der Waals surface area (Å²) < 4.78 is 15.2. The molecule has 0 fully saturated rings. The van der Waals surface area contributed by atoms with Gasteiger partial charge in [-0.3, -0.25) is 0 Å². The van der Waals surface area contributed by atoms with E-state index in [0.717, 1.165) is 5.39 Å². The van der Waals surface area contributed by atoms with Gasteiger partial charge in [-0.05, 0) is 45.0 Å². The Hall–Kier alpha value is -2.63. The minimum atomic E-state index is -0.544. The molecular formula is C17H19NO5. The maximum atomic E-state index is 11.6. The number of aromatic nitrogens is 1. The van der Waals surface area contributed by atoms with Crippen molar-refractivity contribution in [2.45, 2.75) is 26.4 Å². The zero-order chi connectivity index (χ0) is 17.0. The molecule has 6 nitrogen and oxygen atoms in total. The van der Waals surface area contributed by atoms with Crippen LogP contribution in [0.1, 0.15) is 31.3 Å². The summed E-state index contributed by atoms with van der Waals surface area (Å²) >= 11 is 0. The molecule has 1 aromatic carbocycles. The molecule has 1 heterocycles. The van der Waals surface area contributed by atoms with E-state index in [9.17, 15) is 9.59 Å². The fraction of sp³-hybridized carbons (Fsp3) is 0.353. The summed E-state index contributed by atoms with van der Waals surface area (Å²) in [6.07, 6.45) is 0. The number of rotatable bonds is 4. The van der Waals surface area contributed by atoms with Gasteiger partial charge in [0.05, 0.1) is 12.6 Å². The van der Waals surface area contributed by atoms with E-state index in [2.05, 4.69) is 9.72 Å². The molecular weight excluding hydrogens is 298 g/mol. The number of ether oxygens (including phenoxy) is 3. The quantitative estimate of drug-likeness (QED) is 0.807. The van der Waals surface area contributed by atoms with Crippen LogP contribution in [-0.4, -0.2) is 36.2 Å². The first-order valence-electron chi connectivity index (χ1n) is 7.12. The second-order valence-electron chi connectivity index (χ2n) is 5.92. The third kappa shape index (κ3) is 4.67. The Labute approximate surface area is 134 Å². The highest BCUT2D eigenvalue weighted by atomic mass is 16.6. The number of hydrogen-bond donors (Lipinski definition) is 0. The van der Waals surface area contributed by atoms with Gasteiger partial charge in [0.25, 0.3) is 0 Å². The minimum absolute atomic E-state index is 0.170. The van der Waals surface area contributed by atoms with Gasteiger partial charge in [-0.15, -0.1) is 0 Å². The molecule has 0 aliphatic rings. The van der Waals surface area contributed by atoms with Gasteiger partial charge in [0.1, 0.15) is 17.0 Å². The van der Waals surface area contributed by atoms with Gasteiger partial charge in [-0.2, -0.15) is 0 Å². The Bertz CT molecular complexity index is 733. The molecule has 0 atom stereocenters. The van der Waals surface area contributed by atoms with Crippen molar-refractivity contribution >= 4 is 22.8 Å². The molecule has 1 aromatic heterocycles. The topological polar surface area (TPSA) is 74.7 Å². The number of carbonyl (C=O) groups excluding carboxylic acids is 2. The Morgan fingerprint density at radius 3 is 2.52 bits per heavy atom. The van der Waals surface area contributed by atoms with Crippen molar-refractivity contribution < 1.29 is 23.8 Å². The van der Waals surface area contributed by atoms with Crippen LogP contribution in [0, 0.1) is 0 Å². The standard InChI is InChI=1S/C17H19NO5/c1-17(2,3)23-15(19)10-22-12-6-8-13-11(9-12)5-7-14(18-13)16(20)21-4/h5-9H,10H2,1-4H3. The average molecular weight is 317 g/mol. The van der Waals surface area contributed by atoms with Crippen LogP contribution >= 0.6 is 0 Å². The van der Waals surface area contributed by atoms with Crippen LogP contribution in [0.5, 0.6) is 5.75 Å². The van der Waals surface area contributed by atoms with Crippen molar-refractivity contribution in [2.24, 2.45) is 0 Å². The average Bonchev–Trinajstić information content (AvgIpc) is 2.49. The highest BCUT2D eigenvalue weighted by Crippen LogP contribution is 2.20. The van der Waals surface area contributed by atoms with Gasteiger partial charge >= 0.3 is 11.9 Å². The molecule has 0 radical (unpaired) electrons. The van der Waals surface area contributed by atoms with Crippen LogP contribution in [0.4, 0.5) is 0 Å². The molecule has 0 unspecified atom stereocenters. The van der Waals surface area contributed by atoms with Crippen LogP contribution in [0.2, 0.25) is 0 Å². The Morgan fingerprint density at radius 2 is 1.87 bits per heavy atom. The van der Waals surface area contributed by atoms with Crippen molar-refractivity contribution in [2.75, 3.05) is 13.7 Å². The smallest absolute Gasteiger partial charge is 0.356 e. The van der Waals surface area contributed by atoms with Crippen molar-refractivity contribution in [1.29, 1.82) is 0 Å². The zero-order valence-corrected chi connectivity index (χ0v) is 13.6. The van der Waals surface area contributed by atoms with Gasteiger partial charge in [0, 0.05) is 5.39 Å². The first kappa shape index (κ1) is 16.7. The van der Waals surface area contributed by atoms with E-state index in [1.807, 2.05) is 0 Å². The lowest BCUT2D eigenvalue weighted by atomic mass is 10.2. The Kier molecular flexibility index (Phi) is 4.83. The summed E-state index contributed by atoms with van der Waals surface area (Å²) in [5.41, 5.74) is 0.331. The van der Waals surface area contributed by atoms with Crippen molar-refractivity contribution in [3.8, 4) is 5.75 Å². The number of hydrogen-bond acceptors (Lipinski definition) is 6. The molecule has 122 valence electrons. The van der Waals surface area contributed by atoms with Crippen LogP contribution in [-0.2, 0) is 14.3 Å². The normalized spacial score (nSPS) is 11.1. The molecule has 0 N–H and O–H groups in total. The molecule has 0 aliphatic heterocycles. The molecule has 0 saturated heterocycles. The lowest BCUT2D eigenvalue weighted by molar-refractivity contribution is -0.157. The molecule has 2 rings (SSSR count). The largest absolute Gasteiger partial charge is 0.482 e. The lowest BCUT2D eigenvalue weighted by Gasteiger charge is -2.19. The second-order valence-corrected chi connectivity index (χ2v) is 5.92. The van der Waals surface area contributed by atoms with Crippen LogP contribution in [0.15, 0.2) is 30.3 Å². The van der Waals surface area contributed by atoms with E-state index >= 15 is 0 Å². The molecule has 0 spiro atoms. The van der Waals surface area contributed by atoms with Crippen molar-refractivity contribution in [1.82, 2.24) is 4.98 Å². The summed E-state index contributed by atoms with van der Waals surface area (Å²) in [6.45, 7) is 5.22. The van der Waals surface area contributed by atoms with Crippen molar-refractivity contribution in [3.63, 3.8) is 0 Å². The van der Waals surface area contributed by atoms with Gasteiger partial charge < -0.3 is 14.2 Å². The van der Waals surface area contributed by atoms with E-state index < -0.39 is 17.5 Å². The molecule has 0 amide bonds. The fourth-order valence-corrected chi connectivity index (χ4v) is 1.92. The fourth-order valence-electron chi connectivity index (χ4n) is 1.92. The van der Waals surface area contributed by atoms with E-state index in [1.165, 1.54) is 7.11 Å². The van der Waals surface area contributed by atoms with E-state index in [4.69, 9.17) is 9.47 Å². The van der Waals surface area contributed by atoms with Crippen molar-refractivity contribution in [3.05, 3.63) is 36.0 Å². The van der Waals surface area contributed by atoms with Crippen LogP contribution in [0.3, 0.4) is 0 Å². The zero-order valence-electron chi connectivity index (χ0n) is 13.6. The van der Waals surface area contributed by atoms with Gasteiger partial charge in [0.15, 0.2) is 6.61 Å². The highest BCUT2D eigenvalue weighted by Gasteiger charge is 2.16. The summed E-state index contributed by atoms with van der Waals surface area (Å²) in [6, 6.07) is 8.46. The third-order valence-electron chi connectivity index (χ3n) is 2.83. The summed E-state index contributed by atoms with van der Waals surface area (Å²) in [5.74, 6) is -0.398. The number of methoxy groups -OCH3 is 1.